The highest BCUT2D eigenvalue weighted by Crippen LogP contribution is 2.43. The average molecular weight is 479 g/mol. The predicted octanol–water partition coefficient (Wildman–Crippen LogP) is 5.46. The Morgan fingerprint density at radius 3 is 2.57 bits per heavy atom. The summed E-state index contributed by atoms with van der Waals surface area (Å²) in [5.41, 5.74) is 3.34. The molecule has 1 aromatic carbocycles. The van der Waals surface area contributed by atoms with Crippen molar-refractivity contribution in [2.75, 3.05) is 6.61 Å². The van der Waals surface area contributed by atoms with Crippen molar-refractivity contribution < 1.29 is 9.53 Å². The Labute approximate surface area is 207 Å². The van der Waals surface area contributed by atoms with Crippen LogP contribution in [0.25, 0.3) is 16.9 Å². The number of ether oxygens (including phenoxy) is 1. The van der Waals surface area contributed by atoms with Crippen LogP contribution in [0.4, 0.5) is 0 Å². The van der Waals surface area contributed by atoms with Gasteiger partial charge in [-0.05, 0) is 68.4 Å². The van der Waals surface area contributed by atoms with Gasteiger partial charge >= 0.3 is 5.97 Å². The molecule has 0 bridgehead atoms. The standard InChI is InChI=1S/C28H38N4O3/c1-6-22-24-27(34)30-25(20-10-8-9-18(17-20)11-16-23(33)35-7-2)31-32(24)26(29-22)19-12-14-21(15-13-19)28(3,4)5/h8-10,17,19,21H,6-7,11-16H2,1-5H3,(H,30,31,34). The average Bonchev–Trinajstić information content (AvgIpc) is 3.22. The van der Waals surface area contributed by atoms with Crippen LogP contribution in [0.15, 0.2) is 29.1 Å². The van der Waals surface area contributed by atoms with Gasteiger partial charge in [-0.1, -0.05) is 45.9 Å². The van der Waals surface area contributed by atoms with E-state index in [0.717, 1.165) is 35.5 Å². The fourth-order valence-electron chi connectivity index (χ4n) is 5.31. The minimum Gasteiger partial charge on any atom is -0.466 e. The summed E-state index contributed by atoms with van der Waals surface area (Å²) < 4.78 is 6.85. The molecule has 1 N–H and O–H groups in total. The SMILES string of the molecule is CCOC(=O)CCc1cccc(-c2nn3c(C4CCC(C(C)(C)C)CC4)nc(CC)c3c(=O)[nH]2)c1. The topological polar surface area (TPSA) is 89.3 Å². The first-order valence-electron chi connectivity index (χ1n) is 13.0. The number of fused-ring (bicyclic) bond motifs is 1. The molecular weight excluding hydrogens is 440 g/mol. The van der Waals surface area contributed by atoms with E-state index in [9.17, 15) is 9.59 Å². The highest BCUT2D eigenvalue weighted by atomic mass is 16.5. The maximum atomic E-state index is 13.2. The number of nitrogens with zero attached hydrogens (tertiary/aromatic N) is 3. The second-order valence-electron chi connectivity index (χ2n) is 10.8. The molecule has 0 radical (unpaired) electrons. The summed E-state index contributed by atoms with van der Waals surface area (Å²) >= 11 is 0. The molecule has 1 fully saturated rings. The number of imidazole rings is 1. The van der Waals surface area contributed by atoms with Crippen molar-refractivity contribution in [1.29, 1.82) is 0 Å². The highest BCUT2D eigenvalue weighted by Gasteiger charge is 2.32. The number of carbonyl (C=O) groups excluding carboxylic acids is 1. The molecule has 35 heavy (non-hydrogen) atoms. The molecule has 2 aromatic heterocycles. The van der Waals surface area contributed by atoms with E-state index >= 15 is 0 Å². The van der Waals surface area contributed by atoms with Crippen LogP contribution >= 0.6 is 0 Å². The van der Waals surface area contributed by atoms with Gasteiger partial charge in [-0.15, -0.1) is 5.10 Å². The Morgan fingerprint density at radius 1 is 1.17 bits per heavy atom. The number of hydrogen-bond donors (Lipinski definition) is 1. The number of esters is 1. The Hall–Kier alpha value is -2.96. The molecule has 0 amide bonds. The van der Waals surface area contributed by atoms with Crippen molar-refractivity contribution >= 4 is 11.5 Å². The molecule has 0 aliphatic heterocycles. The molecule has 1 aliphatic rings. The summed E-state index contributed by atoms with van der Waals surface area (Å²) in [6.45, 7) is 11.2. The predicted molar refractivity (Wildman–Crippen MR) is 138 cm³/mol. The maximum absolute atomic E-state index is 13.2. The molecule has 3 aromatic rings. The zero-order valence-corrected chi connectivity index (χ0v) is 21.7. The number of nitrogens with one attached hydrogen (secondary N) is 1. The number of carbonyl (C=O) groups is 1. The summed E-state index contributed by atoms with van der Waals surface area (Å²) in [6, 6.07) is 7.82. The van der Waals surface area contributed by atoms with Gasteiger partial charge in [0.15, 0.2) is 11.3 Å². The Bertz CT molecular complexity index is 1240. The molecule has 0 saturated heterocycles. The van der Waals surface area contributed by atoms with Gasteiger partial charge < -0.3 is 9.72 Å². The molecule has 4 rings (SSSR count). The molecule has 7 nitrogen and oxygen atoms in total. The summed E-state index contributed by atoms with van der Waals surface area (Å²) in [5, 5.41) is 4.89. The van der Waals surface area contributed by atoms with Crippen LogP contribution in [0.2, 0.25) is 0 Å². The van der Waals surface area contributed by atoms with Gasteiger partial charge in [-0.25, -0.2) is 9.50 Å². The van der Waals surface area contributed by atoms with E-state index in [-0.39, 0.29) is 11.5 Å². The zero-order valence-electron chi connectivity index (χ0n) is 21.7. The number of aryl methyl sites for hydroxylation is 2. The molecule has 1 aliphatic carbocycles. The quantitative estimate of drug-likeness (QED) is 0.455. The minimum atomic E-state index is -0.206. The second kappa shape index (κ2) is 10.3. The fourth-order valence-corrected chi connectivity index (χ4v) is 5.31. The van der Waals surface area contributed by atoms with Crippen molar-refractivity contribution in [3.63, 3.8) is 0 Å². The Balaban J connectivity index is 1.66. The molecule has 0 atom stereocenters. The number of aromatic amines is 1. The smallest absolute Gasteiger partial charge is 0.306 e. The first kappa shape index (κ1) is 25.1. The van der Waals surface area contributed by atoms with Gasteiger partial charge in [0, 0.05) is 17.9 Å². The molecule has 0 spiro atoms. The van der Waals surface area contributed by atoms with Crippen LogP contribution in [0.5, 0.6) is 0 Å². The maximum Gasteiger partial charge on any atom is 0.306 e. The van der Waals surface area contributed by atoms with Gasteiger partial charge in [-0.2, -0.15) is 0 Å². The van der Waals surface area contributed by atoms with E-state index in [1.807, 2.05) is 31.2 Å². The van der Waals surface area contributed by atoms with Crippen LogP contribution in [0, 0.1) is 11.3 Å². The van der Waals surface area contributed by atoms with Gasteiger partial charge in [0.2, 0.25) is 0 Å². The normalized spacial score (nSPS) is 18.7. The molecule has 1 saturated carbocycles. The molecule has 7 heteroatoms. The van der Waals surface area contributed by atoms with Gasteiger partial charge in [0.25, 0.3) is 5.56 Å². The lowest BCUT2D eigenvalue weighted by molar-refractivity contribution is -0.143. The number of H-pyrrole nitrogens is 1. The van der Waals surface area contributed by atoms with Crippen LogP contribution in [-0.4, -0.2) is 32.2 Å². The van der Waals surface area contributed by atoms with E-state index in [4.69, 9.17) is 14.8 Å². The lowest BCUT2D eigenvalue weighted by Gasteiger charge is -2.36. The van der Waals surface area contributed by atoms with Crippen molar-refractivity contribution in [1.82, 2.24) is 19.6 Å². The number of benzene rings is 1. The van der Waals surface area contributed by atoms with Crippen LogP contribution in [0.1, 0.15) is 89.7 Å². The van der Waals surface area contributed by atoms with Crippen molar-refractivity contribution in [2.45, 2.75) is 85.5 Å². The van der Waals surface area contributed by atoms with Gasteiger partial charge in [0.05, 0.1) is 12.3 Å². The number of hydrogen-bond acceptors (Lipinski definition) is 5. The van der Waals surface area contributed by atoms with Crippen molar-refractivity contribution in [3.05, 3.63) is 51.7 Å². The molecule has 0 unspecified atom stereocenters. The Morgan fingerprint density at radius 2 is 1.91 bits per heavy atom. The van der Waals surface area contributed by atoms with Crippen molar-refractivity contribution in [3.8, 4) is 11.4 Å². The van der Waals surface area contributed by atoms with Crippen molar-refractivity contribution in [2.24, 2.45) is 11.3 Å². The highest BCUT2D eigenvalue weighted by molar-refractivity contribution is 5.69. The van der Waals surface area contributed by atoms with Crippen LogP contribution in [-0.2, 0) is 22.4 Å². The molecule has 2 heterocycles. The van der Waals surface area contributed by atoms with E-state index in [2.05, 4.69) is 25.8 Å². The van der Waals surface area contributed by atoms with Gasteiger partial charge in [0.1, 0.15) is 5.82 Å². The Kier molecular flexibility index (Phi) is 7.43. The van der Waals surface area contributed by atoms with E-state index in [0.29, 0.717) is 54.5 Å². The third-order valence-electron chi connectivity index (χ3n) is 7.37. The summed E-state index contributed by atoms with van der Waals surface area (Å²) in [6.07, 6.45) is 6.06. The van der Waals surface area contributed by atoms with E-state index < -0.39 is 0 Å². The summed E-state index contributed by atoms with van der Waals surface area (Å²) in [5.74, 6) is 2.24. The summed E-state index contributed by atoms with van der Waals surface area (Å²) in [7, 11) is 0. The van der Waals surface area contributed by atoms with Gasteiger partial charge in [-0.3, -0.25) is 9.59 Å². The van der Waals surface area contributed by atoms with Crippen LogP contribution in [0.3, 0.4) is 0 Å². The zero-order chi connectivity index (χ0) is 25.2. The minimum absolute atomic E-state index is 0.161. The molecule has 188 valence electrons. The third-order valence-corrected chi connectivity index (χ3v) is 7.37. The summed E-state index contributed by atoms with van der Waals surface area (Å²) in [4.78, 5) is 32.9. The third kappa shape index (κ3) is 5.49. The van der Waals surface area contributed by atoms with E-state index in [1.165, 1.54) is 12.8 Å². The number of aromatic nitrogens is 4. The lowest BCUT2D eigenvalue weighted by Crippen LogP contribution is -2.26. The molecular formula is C28H38N4O3. The first-order valence-corrected chi connectivity index (χ1v) is 13.0. The van der Waals surface area contributed by atoms with Crippen LogP contribution < -0.4 is 5.56 Å². The fraction of sp³-hybridized carbons (Fsp3) is 0.571. The second-order valence-corrected chi connectivity index (χ2v) is 10.8. The van der Waals surface area contributed by atoms with E-state index in [1.54, 1.807) is 11.4 Å². The number of rotatable bonds is 7. The first-order chi connectivity index (χ1) is 16.7. The monoisotopic (exact) mass is 478 g/mol. The largest absolute Gasteiger partial charge is 0.466 e. The lowest BCUT2D eigenvalue weighted by atomic mass is 9.70.